The van der Waals surface area contributed by atoms with Crippen LogP contribution in [0.2, 0.25) is 10.0 Å². The van der Waals surface area contributed by atoms with Gasteiger partial charge in [-0.15, -0.1) is 12.4 Å². The van der Waals surface area contributed by atoms with Gasteiger partial charge in [-0.1, -0.05) is 37.0 Å². The lowest BCUT2D eigenvalue weighted by molar-refractivity contribution is -0.135. The number of nitrogens with one attached hydrogen (secondary N) is 1. The quantitative estimate of drug-likeness (QED) is 0.804. The van der Waals surface area contributed by atoms with Crippen molar-refractivity contribution in [2.45, 2.75) is 39.3 Å². The lowest BCUT2D eigenvalue weighted by Crippen LogP contribution is -2.49. The highest BCUT2D eigenvalue weighted by Gasteiger charge is 2.29. The Hall–Kier alpha value is -1.01. The standard InChI is InChI=1S/C17H23Cl2N3O2.ClH/c1-9(2)16(20)17(24)21-8-15(23)22-5-4-12-13(10(22)3)6-11(18)7-14(12)19;/h6-7,9-10,16H,4-5,8,20H2,1-3H3,(H,21,24);1H/t10?,16-;/m0./s1. The van der Waals surface area contributed by atoms with Gasteiger partial charge in [-0.3, -0.25) is 9.59 Å². The smallest absolute Gasteiger partial charge is 0.242 e. The first-order valence-corrected chi connectivity index (χ1v) is 8.78. The number of fused-ring (bicyclic) bond motifs is 1. The number of rotatable bonds is 4. The topological polar surface area (TPSA) is 75.4 Å². The van der Waals surface area contributed by atoms with Gasteiger partial charge in [-0.05, 0) is 42.5 Å². The molecule has 1 aromatic carbocycles. The van der Waals surface area contributed by atoms with Gasteiger partial charge < -0.3 is 16.0 Å². The van der Waals surface area contributed by atoms with Crippen LogP contribution in [0.15, 0.2) is 12.1 Å². The molecule has 140 valence electrons. The van der Waals surface area contributed by atoms with Crippen LogP contribution in [0.5, 0.6) is 0 Å². The first-order valence-electron chi connectivity index (χ1n) is 8.03. The Bertz CT molecular complexity index is 652. The van der Waals surface area contributed by atoms with Crippen molar-refractivity contribution in [1.29, 1.82) is 0 Å². The molecule has 2 atom stereocenters. The molecule has 0 saturated carbocycles. The first kappa shape index (κ1) is 22.0. The average Bonchev–Trinajstić information content (AvgIpc) is 2.52. The third kappa shape index (κ3) is 5.00. The zero-order valence-corrected chi connectivity index (χ0v) is 16.8. The number of halogens is 3. The molecule has 0 saturated heterocycles. The van der Waals surface area contributed by atoms with E-state index < -0.39 is 6.04 Å². The van der Waals surface area contributed by atoms with Crippen molar-refractivity contribution in [1.82, 2.24) is 10.2 Å². The van der Waals surface area contributed by atoms with Crippen molar-refractivity contribution in [3.8, 4) is 0 Å². The van der Waals surface area contributed by atoms with Crippen LogP contribution >= 0.6 is 35.6 Å². The van der Waals surface area contributed by atoms with Gasteiger partial charge in [0, 0.05) is 16.6 Å². The molecule has 1 aliphatic heterocycles. The molecule has 1 aliphatic rings. The fourth-order valence-corrected chi connectivity index (χ4v) is 3.48. The number of nitrogens with zero attached hydrogens (tertiary/aromatic N) is 1. The van der Waals surface area contributed by atoms with Crippen LogP contribution in [-0.4, -0.2) is 35.8 Å². The minimum absolute atomic E-state index is 0. The number of benzene rings is 1. The van der Waals surface area contributed by atoms with E-state index in [2.05, 4.69) is 5.32 Å². The number of hydrogen-bond donors (Lipinski definition) is 2. The summed E-state index contributed by atoms with van der Waals surface area (Å²) in [6, 6.07) is 2.81. The summed E-state index contributed by atoms with van der Waals surface area (Å²) in [7, 11) is 0. The Kier molecular flexibility index (Phi) is 8.00. The third-order valence-electron chi connectivity index (χ3n) is 4.47. The predicted molar refractivity (Wildman–Crippen MR) is 103 cm³/mol. The fourth-order valence-electron chi connectivity index (χ4n) is 2.88. The summed E-state index contributed by atoms with van der Waals surface area (Å²) >= 11 is 12.3. The van der Waals surface area contributed by atoms with Gasteiger partial charge in [0.2, 0.25) is 11.8 Å². The van der Waals surface area contributed by atoms with Gasteiger partial charge in [0.05, 0.1) is 18.6 Å². The van der Waals surface area contributed by atoms with Crippen molar-refractivity contribution < 1.29 is 9.59 Å². The first-order chi connectivity index (χ1) is 11.2. The SMILES string of the molecule is CC(C)[C@H](N)C(=O)NCC(=O)N1CCc2c(Cl)cc(Cl)cc2C1C.Cl. The molecule has 0 radical (unpaired) electrons. The van der Waals surface area contributed by atoms with Gasteiger partial charge in [0.1, 0.15) is 0 Å². The van der Waals surface area contributed by atoms with E-state index in [1.807, 2.05) is 26.8 Å². The van der Waals surface area contributed by atoms with Crippen molar-refractivity contribution in [2.75, 3.05) is 13.1 Å². The van der Waals surface area contributed by atoms with E-state index in [4.69, 9.17) is 28.9 Å². The van der Waals surface area contributed by atoms with Gasteiger partial charge in [0.15, 0.2) is 0 Å². The monoisotopic (exact) mass is 407 g/mol. The summed E-state index contributed by atoms with van der Waals surface area (Å²) in [5, 5.41) is 3.80. The summed E-state index contributed by atoms with van der Waals surface area (Å²) in [4.78, 5) is 26.1. The Morgan fingerprint density at radius 1 is 1.36 bits per heavy atom. The van der Waals surface area contributed by atoms with Crippen LogP contribution < -0.4 is 11.1 Å². The normalized spacial score (nSPS) is 17.6. The molecule has 2 amide bonds. The molecule has 5 nitrogen and oxygen atoms in total. The largest absolute Gasteiger partial charge is 0.346 e. The molecule has 3 N–H and O–H groups in total. The second kappa shape index (κ2) is 9.08. The van der Waals surface area contributed by atoms with Crippen LogP contribution in [0.25, 0.3) is 0 Å². The average molecular weight is 409 g/mol. The number of carbonyl (C=O) groups is 2. The highest BCUT2D eigenvalue weighted by molar-refractivity contribution is 6.35. The molecular weight excluding hydrogens is 385 g/mol. The van der Waals surface area contributed by atoms with E-state index >= 15 is 0 Å². The van der Waals surface area contributed by atoms with Crippen LogP contribution in [0.3, 0.4) is 0 Å². The molecule has 0 bridgehead atoms. The summed E-state index contributed by atoms with van der Waals surface area (Å²) in [6.45, 7) is 6.16. The Morgan fingerprint density at radius 3 is 2.60 bits per heavy atom. The van der Waals surface area contributed by atoms with Gasteiger partial charge in [-0.2, -0.15) is 0 Å². The third-order valence-corrected chi connectivity index (χ3v) is 5.03. The molecule has 0 spiro atoms. The highest BCUT2D eigenvalue weighted by Crippen LogP contribution is 2.35. The molecule has 0 aromatic heterocycles. The molecular formula is C17H24Cl3N3O2. The zero-order valence-electron chi connectivity index (χ0n) is 14.5. The summed E-state index contributed by atoms with van der Waals surface area (Å²) in [5.74, 6) is -0.437. The van der Waals surface area contributed by atoms with Crippen LogP contribution in [0.1, 0.15) is 37.9 Å². The van der Waals surface area contributed by atoms with Crippen molar-refractivity contribution >= 4 is 47.4 Å². The molecule has 2 rings (SSSR count). The summed E-state index contributed by atoms with van der Waals surface area (Å²) in [6.07, 6.45) is 0.668. The van der Waals surface area contributed by atoms with Gasteiger partial charge in [-0.25, -0.2) is 0 Å². The maximum atomic E-state index is 12.5. The number of amides is 2. The van der Waals surface area contributed by atoms with E-state index in [1.165, 1.54) is 0 Å². The van der Waals surface area contributed by atoms with E-state index in [0.717, 1.165) is 11.1 Å². The Labute approximate surface area is 164 Å². The predicted octanol–water partition coefficient (Wildman–Crippen LogP) is 2.96. The van der Waals surface area contributed by atoms with Crippen molar-refractivity contribution in [3.63, 3.8) is 0 Å². The van der Waals surface area contributed by atoms with E-state index in [0.29, 0.717) is 23.0 Å². The lowest BCUT2D eigenvalue weighted by atomic mass is 9.93. The highest BCUT2D eigenvalue weighted by atomic mass is 35.5. The lowest BCUT2D eigenvalue weighted by Gasteiger charge is -2.36. The number of nitrogens with two attached hydrogens (primary N) is 1. The van der Waals surface area contributed by atoms with Crippen LogP contribution in [0.4, 0.5) is 0 Å². The molecule has 25 heavy (non-hydrogen) atoms. The molecule has 1 aromatic rings. The second-order valence-electron chi connectivity index (χ2n) is 6.46. The molecule has 0 aliphatic carbocycles. The van der Waals surface area contributed by atoms with Gasteiger partial charge in [0.25, 0.3) is 0 Å². The van der Waals surface area contributed by atoms with Crippen molar-refractivity contribution in [3.05, 3.63) is 33.3 Å². The van der Waals surface area contributed by atoms with E-state index in [1.54, 1.807) is 11.0 Å². The fraction of sp³-hybridized carbons (Fsp3) is 0.529. The van der Waals surface area contributed by atoms with Gasteiger partial charge >= 0.3 is 0 Å². The maximum Gasteiger partial charge on any atom is 0.242 e. The summed E-state index contributed by atoms with van der Waals surface area (Å²) < 4.78 is 0. The maximum absolute atomic E-state index is 12.5. The minimum Gasteiger partial charge on any atom is -0.346 e. The zero-order chi connectivity index (χ0) is 18.0. The Morgan fingerprint density at radius 2 is 2.00 bits per heavy atom. The van der Waals surface area contributed by atoms with Crippen LogP contribution in [0, 0.1) is 5.92 Å². The molecule has 8 heteroatoms. The molecule has 1 heterocycles. The Balaban J connectivity index is 0.00000312. The van der Waals surface area contributed by atoms with Crippen LogP contribution in [-0.2, 0) is 16.0 Å². The van der Waals surface area contributed by atoms with E-state index in [-0.39, 0.29) is 42.7 Å². The number of hydrogen-bond acceptors (Lipinski definition) is 3. The van der Waals surface area contributed by atoms with E-state index in [9.17, 15) is 9.59 Å². The number of carbonyl (C=O) groups excluding carboxylic acids is 2. The molecule has 0 fully saturated rings. The second-order valence-corrected chi connectivity index (χ2v) is 7.30. The van der Waals surface area contributed by atoms with Crippen molar-refractivity contribution in [2.24, 2.45) is 11.7 Å². The molecule has 1 unspecified atom stereocenters. The summed E-state index contributed by atoms with van der Waals surface area (Å²) in [5.41, 5.74) is 7.77. The minimum atomic E-state index is -0.616.